The summed E-state index contributed by atoms with van der Waals surface area (Å²) in [5.41, 5.74) is 4.04. The lowest BCUT2D eigenvalue weighted by Gasteiger charge is -2.21. The van der Waals surface area contributed by atoms with Crippen LogP contribution in [0, 0.1) is 6.92 Å². The lowest BCUT2D eigenvalue weighted by molar-refractivity contribution is 0.391. The minimum absolute atomic E-state index is 0. The van der Waals surface area contributed by atoms with Gasteiger partial charge in [0.15, 0.2) is 5.96 Å². The van der Waals surface area contributed by atoms with Crippen LogP contribution in [0.1, 0.15) is 17.0 Å². The van der Waals surface area contributed by atoms with E-state index in [1.165, 1.54) is 0 Å². The fourth-order valence-corrected chi connectivity index (χ4v) is 2.63. The summed E-state index contributed by atoms with van der Waals surface area (Å²) in [6, 6.07) is 12.0. The normalized spacial score (nSPS) is 11.1. The van der Waals surface area contributed by atoms with Gasteiger partial charge in [-0.1, -0.05) is 23.4 Å². The molecule has 0 saturated carbocycles. The number of halogens is 1. The Morgan fingerprint density at radius 3 is 2.73 bits per heavy atom. The van der Waals surface area contributed by atoms with E-state index in [0.29, 0.717) is 13.1 Å². The molecule has 3 aromatic rings. The Bertz CT molecular complexity index is 843. The molecule has 0 aliphatic carbocycles. The molecule has 138 valence electrons. The van der Waals surface area contributed by atoms with Crippen LogP contribution in [0.5, 0.6) is 0 Å². The van der Waals surface area contributed by atoms with Crippen molar-refractivity contribution in [1.82, 2.24) is 25.2 Å². The lowest BCUT2D eigenvalue weighted by Crippen LogP contribution is -2.38. The maximum atomic E-state index is 4.88. The van der Waals surface area contributed by atoms with E-state index in [9.17, 15) is 0 Å². The molecule has 0 atom stereocenters. The molecule has 0 amide bonds. The zero-order valence-corrected chi connectivity index (χ0v) is 17.4. The third kappa shape index (κ3) is 4.84. The highest BCUT2D eigenvalue weighted by Crippen LogP contribution is 2.14. The van der Waals surface area contributed by atoms with Crippen LogP contribution >= 0.6 is 24.0 Å². The molecule has 1 aromatic carbocycles. The number of aromatic nitrogens is 3. The number of hydrogen-bond acceptors (Lipinski definition) is 4. The molecule has 0 aliphatic rings. The molecule has 3 rings (SSSR count). The van der Waals surface area contributed by atoms with Crippen molar-refractivity contribution in [3.05, 3.63) is 65.8 Å². The summed E-state index contributed by atoms with van der Waals surface area (Å²) in [5.74, 6) is 0.787. The van der Waals surface area contributed by atoms with E-state index in [2.05, 4.69) is 32.7 Å². The van der Waals surface area contributed by atoms with Crippen molar-refractivity contribution in [2.24, 2.45) is 4.99 Å². The van der Waals surface area contributed by atoms with Gasteiger partial charge in [-0.3, -0.25) is 4.99 Å². The van der Waals surface area contributed by atoms with Gasteiger partial charge in [0.05, 0.1) is 17.9 Å². The van der Waals surface area contributed by atoms with E-state index in [-0.39, 0.29) is 24.0 Å². The average Bonchev–Trinajstić information content (AvgIpc) is 3.27. The maximum absolute atomic E-state index is 4.88. The summed E-state index contributed by atoms with van der Waals surface area (Å²) in [7, 11) is 3.73. The molecule has 1 N–H and O–H groups in total. The van der Waals surface area contributed by atoms with Crippen molar-refractivity contribution in [3.63, 3.8) is 0 Å². The van der Waals surface area contributed by atoms with Gasteiger partial charge in [-0.2, -0.15) is 5.10 Å². The minimum Gasteiger partial charge on any atom is -0.364 e. The number of nitrogens with zero attached hydrogens (tertiary/aromatic N) is 5. The van der Waals surface area contributed by atoms with Gasteiger partial charge < -0.3 is 14.7 Å². The van der Waals surface area contributed by atoms with E-state index >= 15 is 0 Å². The molecular weight excluding hydrogens is 443 g/mol. The van der Waals surface area contributed by atoms with Crippen molar-refractivity contribution in [3.8, 4) is 5.69 Å². The SMILES string of the molecule is CN=C(NCc1ccccc1-n1ccc(C)n1)N(C)Cc1ccon1.I. The smallest absolute Gasteiger partial charge is 0.194 e. The van der Waals surface area contributed by atoms with E-state index in [4.69, 9.17) is 4.52 Å². The van der Waals surface area contributed by atoms with E-state index in [1.807, 2.05) is 54.0 Å². The van der Waals surface area contributed by atoms with E-state index < -0.39 is 0 Å². The molecule has 8 heteroatoms. The Morgan fingerprint density at radius 1 is 1.27 bits per heavy atom. The fourth-order valence-electron chi connectivity index (χ4n) is 2.63. The van der Waals surface area contributed by atoms with Crippen LogP contribution in [0.25, 0.3) is 5.69 Å². The highest BCUT2D eigenvalue weighted by molar-refractivity contribution is 14.0. The Kier molecular flexibility index (Phi) is 7.19. The van der Waals surface area contributed by atoms with Crippen molar-refractivity contribution in [2.45, 2.75) is 20.0 Å². The number of benzene rings is 1. The van der Waals surface area contributed by atoms with E-state index in [1.54, 1.807) is 13.3 Å². The van der Waals surface area contributed by atoms with Gasteiger partial charge >= 0.3 is 0 Å². The second-order valence-corrected chi connectivity index (χ2v) is 5.78. The van der Waals surface area contributed by atoms with Crippen molar-refractivity contribution in [1.29, 1.82) is 0 Å². The molecule has 0 radical (unpaired) electrons. The Hall–Kier alpha value is -2.36. The van der Waals surface area contributed by atoms with Crippen LogP contribution in [-0.4, -0.2) is 39.9 Å². The zero-order valence-electron chi connectivity index (χ0n) is 15.1. The van der Waals surface area contributed by atoms with Crippen LogP contribution in [-0.2, 0) is 13.1 Å². The van der Waals surface area contributed by atoms with Gasteiger partial charge in [0.2, 0.25) is 0 Å². The molecule has 7 nitrogen and oxygen atoms in total. The van der Waals surface area contributed by atoms with Gasteiger partial charge in [0.1, 0.15) is 12.0 Å². The molecule has 2 heterocycles. The second kappa shape index (κ2) is 9.37. The average molecular weight is 466 g/mol. The molecule has 0 unspecified atom stereocenters. The standard InChI is InChI=1S/C18H22N6O.HI/c1-14-8-10-24(21-14)17-7-5-4-6-15(17)12-20-18(19-2)23(3)13-16-9-11-25-22-16;/h4-11H,12-13H2,1-3H3,(H,19,20);1H. The molecule has 0 saturated heterocycles. The quantitative estimate of drug-likeness (QED) is 0.356. The minimum atomic E-state index is 0. The first-order chi connectivity index (χ1) is 12.2. The largest absolute Gasteiger partial charge is 0.364 e. The predicted molar refractivity (Wildman–Crippen MR) is 112 cm³/mol. The van der Waals surface area contributed by atoms with Crippen LogP contribution in [0.2, 0.25) is 0 Å². The van der Waals surface area contributed by atoms with Crippen molar-refractivity contribution in [2.75, 3.05) is 14.1 Å². The predicted octanol–water partition coefficient (Wildman–Crippen LogP) is 2.99. The highest BCUT2D eigenvalue weighted by Gasteiger charge is 2.10. The summed E-state index contributed by atoms with van der Waals surface area (Å²) >= 11 is 0. The monoisotopic (exact) mass is 466 g/mol. The first kappa shape index (κ1) is 20.0. The second-order valence-electron chi connectivity index (χ2n) is 5.78. The maximum Gasteiger partial charge on any atom is 0.194 e. The number of rotatable bonds is 5. The summed E-state index contributed by atoms with van der Waals surface area (Å²) < 4.78 is 6.78. The first-order valence-corrected chi connectivity index (χ1v) is 8.09. The van der Waals surface area contributed by atoms with Crippen molar-refractivity contribution < 1.29 is 4.52 Å². The van der Waals surface area contributed by atoms with Gasteiger partial charge in [-0.15, -0.1) is 24.0 Å². The third-order valence-electron chi connectivity index (χ3n) is 3.86. The number of para-hydroxylation sites is 1. The molecule has 2 aromatic heterocycles. The number of aryl methyl sites for hydroxylation is 1. The van der Waals surface area contributed by atoms with Gasteiger partial charge in [-0.05, 0) is 24.6 Å². The molecule has 0 spiro atoms. The topological polar surface area (TPSA) is 71.5 Å². The summed E-state index contributed by atoms with van der Waals surface area (Å²) in [6.07, 6.45) is 3.54. The number of aliphatic imine (C=N–C) groups is 1. The Labute approximate surface area is 170 Å². The van der Waals surface area contributed by atoms with Gasteiger partial charge in [0.25, 0.3) is 0 Å². The van der Waals surface area contributed by atoms with E-state index in [0.717, 1.165) is 28.6 Å². The first-order valence-electron chi connectivity index (χ1n) is 8.09. The zero-order chi connectivity index (χ0) is 17.6. The molecular formula is C18H23IN6O. The van der Waals surface area contributed by atoms with Gasteiger partial charge in [0, 0.05) is 32.9 Å². The third-order valence-corrected chi connectivity index (χ3v) is 3.86. The van der Waals surface area contributed by atoms with Crippen LogP contribution in [0.15, 0.2) is 58.4 Å². The highest BCUT2D eigenvalue weighted by atomic mass is 127. The van der Waals surface area contributed by atoms with Crippen molar-refractivity contribution >= 4 is 29.9 Å². The summed E-state index contributed by atoms with van der Waals surface area (Å²) in [5, 5.41) is 11.8. The molecule has 0 bridgehead atoms. The number of hydrogen-bond donors (Lipinski definition) is 1. The summed E-state index contributed by atoms with van der Waals surface area (Å²) in [4.78, 5) is 6.34. The van der Waals surface area contributed by atoms with Crippen LogP contribution < -0.4 is 5.32 Å². The Balaban J connectivity index is 0.00000243. The molecule has 26 heavy (non-hydrogen) atoms. The van der Waals surface area contributed by atoms with Crippen LogP contribution in [0.3, 0.4) is 0 Å². The fraction of sp³-hybridized carbons (Fsp3) is 0.278. The molecule has 0 aliphatic heterocycles. The van der Waals surface area contributed by atoms with Crippen LogP contribution in [0.4, 0.5) is 0 Å². The number of nitrogens with one attached hydrogen (secondary N) is 1. The summed E-state index contributed by atoms with van der Waals surface area (Å²) in [6.45, 7) is 3.25. The van der Waals surface area contributed by atoms with Gasteiger partial charge in [-0.25, -0.2) is 4.68 Å². The number of guanidine groups is 1. The lowest BCUT2D eigenvalue weighted by atomic mass is 10.2. The molecule has 0 fully saturated rings. The Morgan fingerprint density at radius 2 is 2.08 bits per heavy atom.